The van der Waals surface area contributed by atoms with Crippen LogP contribution in [0.5, 0.6) is 0 Å². The van der Waals surface area contributed by atoms with Crippen LogP contribution in [0.2, 0.25) is 0 Å². The smallest absolute Gasteiger partial charge is 0.240 e. The predicted molar refractivity (Wildman–Crippen MR) is 94.1 cm³/mol. The van der Waals surface area contributed by atoms with Crippen molar-refractivity contribution in [3.8, 4) is 0 Å². The number of aryl methyl sites for hydroxylation is 2. The standard InChI is InChI=1S/C17H17N5OS/c1-11-16(20-14-6-4-3-5-13(14)19-11)24-15-7-8-22(17(15)23)12-9-18-21(2)10-12/h3-6,9-10,15H,7-8H2,1-2H3. The van der Waals surface area contributed by atoms with Gasteiger partial charge in [0, 0.05) is 19.8 Å². The quantitative estimate of drug-likeness (QED) is 0.734. The molecule has 0 aliphatic carbocycles. The van der Waals surface area contributed by atoms with Crippen LogP contribution in [0.25, 0.3) is 11.0 Å². The van der Waals surface area contributed by atoms with Crippen molar-refractivity contribution in [2.75, 3.05) is 11.4 Å². The maximum atomic E-state index is 12.7. The Hall–Kier alpha value is -2.41. The van der Waals surface area contributed by atoms with Gasteiger partial charge < -0.3 is 4.90 Å². The molecule has 0 N–H and O–H groups in total. The SMILES string of the molecule is Cc1nc2ccccc2nc1SC1CCN(c2cnn(C)c2)C1=O. The van der Waals surface area contributed by atoms with E-state index in [2.05, 4.69) is 15.1 Å². The van der Waals surface area contributed by atoms with E-state index < -0.39 is 0 Å². The van der Waals surface area contributed by atoms with Gasteiger partial charge in [-0.1, -0.05) is 23.9 Å². The van der Waals surface area contributed by atoms with E-state index in [9.17, 15) is 4.79 Å². The van der Waals surface area contributed by atoms with E-state index in [-0.39, 0.29) is 11.2 Å². The minimum absolute atomic E-state index is 0.113. The van der Waals surface area contributed by atoms with Gasteiger partial charge in [0.15, 0.2) is 0 Å². The highest BCUT2D eigenvalue weighted by atomic mass is 32.2. The van der Waals surface area contributed by atoms with Gasteiger partial charge in [-0.2, -0.15) is 5.10 Å². The van der Waals surface area contributed by atoms with Gasteiger partial charge >= 0.3 is 0 Å². The lowest BCUT2D eigenvalue weighted by atomic mass is 10.3. The van der Waals surface area contributed by atoms with Crippen LogP contribution >= 0.6 is 11.8 Å². The topological polar surface area (TPSA) is 63.9 Å². The van der Waals surface area contributed by atoms with Crippen molar-refractivity contribution >= 4 is 34.4 Å². The molecule has 7 heteroatoms. The van der Waals surface area contributed by atoms with Crippen molar-refractivity contribution in [3.63, 3.8) is 0 Å². The zero-order valence-electron chi connectivity index (χ0n) is 13.5. The number of carbonyl (C=O) groups is 1. The molecular weight excluding hydrogens is 322 g/mol. The molecule has 4 rings (SSSR count). The van der Waals surface area contributed by atoms with Gasteiger partial charge in [-0.05, 0) is 25.5 Å². The van der Waals surface area contributed by atoms with Crippen molar-refractivity contribution < 1.29 is 4.79 Å². The summed E-state index contributed by atoms with van der Waals surface area (Å²) in [4.78, 5) is 23.8. The van der Waals surface area contributed by atoms with E-state index in [1.54, 1.807) is 15.8 Å². The molecule has 1 aliphatic heterocycles. The number of hydrogen-bond donors (Lipinski definition) is 0. The third-order valence-electron chi connectivity index (χ3n) is 4.11. The summed E-state index contributed by atoms with van der Waals surface area (Å²) in [6.07, 6.45) is 4.39. The number of benzene rings is 1. The molecule has 24 heavy (non-hydrogen) atoms. The summed E-state index contributed by atoms with van der Waals surface area (Å²) in [5.74, 6) is 0.113. The number of anilines is 1. The second-order valence-electron chi connectivity index (χ2n) is 5.86. The van der Waals surface area contributed by atoms with Crippen LogP contribution in [-0.2, 0) is 11.8 Å². The molecule has 1 atom stereocenters. The Balaban J connectivity index is 1.58. The number of nitrogens with zero attached hydrogens (tertiary/aromatic N) is 5. The summed E-state index contributed by atoms with van der Waals surface area (Å²) in [5, 5.41) is 4.85. The largest absolute Gasteiger partial charge is 0.308 e. The molecule has 0 saturated carbocycles. The van der Waals surface area contributed by atoms with E-state index in [1.165, 1.54) is 11.8 Å². The number of aromatic nitrogens is 4. The first-order valence-corrected chi connectivity index (χ1v) is 8.70. The van der Waals surface area contributed by atoms with Crippen LogP contribution in [-0.4, -0.2) is 37.5 Å². The maximum Gasteiger partial charge on any atom is 0.240 e. The Morgan fingerprint density at radius 3 is 2.67 bits per heavy atom. The van der Waals surface area contributed by atoms with E-state index >= 15 is 0 Å². The minimum atomic E-state index is -0.126. The number of rotatable bonds is 3. The fraction of sp³-hybridized carbons (Fsp3) is 0.294. The normalized spacial score (nSPS) is 17.8. The Labute approximate surface area is 143 Å². The number of amides is 1. The summed E-state index contributed by atoms with van der Waals surface area (Å²) < 4.78 is 1.71. The molecular formula is C17H17N5OS. The average molecular weight is 339 g/mol. The molecule has 1 amide bonds. The number of hydrogen-bond acceptors (Lipinski definition) is 5. The summed E-state index contributed by atoms with van der Waals surface area (Å²) >= 11 is 1.51. The number of fused-ring (bicyclic) bond motifs is 1. The second-order valence-corrected chi connectivity index (χ2v) is 7.05. The Morgan fingerprint density at radius 2 is 1.96 bits per heavy atom. The lowest BCUT2D eigenvalue weighted by molar-refractivity contribution is -0.116. The van der Waals surface area contributed by atoms with Gasteiger partial charge in [0.25, 0.3) is 0 Å². The molecule has 6 nitrogen and oxygen atoms in total. The first-order valence-electron chi connectivity index (χ1n) is 7.82. The maximum absolute atomic E-state index is 12.7. The van der Waals surface area contributed by atoms with E-state index in [4.69, 9.17) is 0 Å². The lowest BCUT2D eigenvalue weighted by Gasteiger charge is -2.14. The van der Waals surface area contributed by atoms with Crippen molar-refractivity contribution in [3.05, 3.63) is 42.4 Å². The third kappa shape index (κ3) is 2.65. The molecule has 122 valence electrons. The van der Waals surface area contributed by atoms with Crippen molar-refractivity contribution in [2.24, 2.45) is 7.05 Å². The summed E-state index contributed by atoms with van der Waals surface area (Å²) in [6.45, 7) is 2.66. The predicted octanol–water partition coefficient (Wildman–Crippen LogP) is 2.57. The summed E-state index contributed by atoms with van der Waals surface area (Å²) in [5.41, 5.74) is 3.47. The molecule has 3 aromatic rings. The molecule has 1 aliphatic rings. The molecule has 1 fully saturated rings. The molecule has 1 unspecified atom stereocenters. The van der Waals surface area contributed by atoms with Crippen LogP contribution in [0, 0.1) is 6.92 Å². The molecule has 0 radical (unpaired) electrons. The zero-order chi connectivity index (χ0) is 16.7. The van der Waals surface area contributed by atoms with Crippen molar-refractivity contribution in [1.82, 2.24) is 19.7 Å². The van der Waals surface area contributed by atoms with Crippen LogP contribution in [0.4, 0.5) is 5.69 Å². The van der Waals surface area contributed by atoms with Gasteiger partial charge in [0.2, 0.25) is 5.91 Å². The highest BCUT2D eigenvalue weighted by molar-refractivity contribution is 8.00. The molecule has 0 bridgehead atoms. The van der Waals surface area contributed by atoms with E-state index in [0.29, 0.717) is 6.54 Å². The highest BCUT2D eigenvalue weighted by Crippen LogP contribution is 2.33. The van der Waals surface area contributed by atoms with E-state index in [1.807, 2.05) is 44.4 Å². The lowest BCUT2D eigenvalue weighted by Crippen LogP contribution is -2.27. The van der Waals surface area contributed by atoms with Crippen LogP contribution < -0.4 is 4.90 Å². The molecule has 1 saturated heterocycles. The minimum Gasteiger partial charge on any atom is -0.308 e. The van der Waals surface area contributed by atoms with Gasteiger partial charge in [-0.25, -0.2) is 9.97 Å². The highest BCUT2D eigenvalue weighted by Gasteiger charge is 2.34. The third-order valence-corrected chi connectivity index (χ3v) is 5.45. The molecule has 0 spiro atoms. The van der Waals surface area contributed by atoms with Crippen LogP contribution in [0.1, 0.15) is 12.1 Å². The van der Waals surface area contributed by atoms with Gasteiger partial charge in [0.05, 0.1) is 33.9 Å². The fourth-order valence-corrected chi connectivity index (χ4v) is 3.97. The molecule has 3 heterocycles. The molecule has 2 aromatic heterocycles. The van der Waals surface area contributed by atoms with E-state index in [0.717, 1.165) is 33.9 Å². The molecule has 1 aromatic carbocycles. The average Bonchev–Trinajstić information content (AvgIpc) is 3.14. The zero-order valence-corrected chi connectivity index (χ0v) is 14.3. The Bertz CT molecular complexity index is 922. The van der Waals surface area contributed by atoms with Crippen LogP contribution in [0.15, 0.2) is 41.7 Å². The summed E-state index contributed by atoms with van der Waals surface area (Å²) in [6, 6.07) is 7.81. The number of carbonyl (C=O) groups excluding carboxylic acids is 1. The number of para-hydroxylation sites is 2. The van der Waals surface area contributed by atoms with Crippen molar-refractivity contribution in [2.45, 2.75) is 23.6 Å². The monoisotopic (exact) mass is 339 g/mol. The summed E-state index contributed by atoms with van der Waals surface area (Å²) in [7, 11) is 1.85. The Kier molecular flexibility index (Phi) is 3.72. The van der Waals surface area contributed by atoms with Gasteiger partial charge in [-0.3, -0.25) is 9.48 Å². The number of thioether (sulfide) groups is 1. The fourth-order valence-electron chi connectivity index (χ4n) is 2.89. The Morgan fingerprint density at radius 1 is 1.21 bits per heavy atom. The second kappa shape index (κ2) is 5.90. The van der Waals surface area contributed by atoms with Gasteiger partial charge in [0.1, 0.15) is 5.03 Å². The van der Waals surface area contributed by atoms with Crippen molar-refractivity contribution in [1.29, 1.82) is 0 Å². The van der Waals surface area contributed by atoms with Crippen LogP contribution in [0.3, 0.4) is 0 Å². The van der Waals surface area contributed by atoms with Gasteiger partial charge in [-0.15, -0.1) is 0 Å². The first kappa shape index (κ1) is 15.1. The first-order chi connectivity index (χ1) is 11.6.